The molecule has 0 aliphatic carbocycles. The Balaban J connectivity index is 1.64. The SMILES string of the molecule is Cc1ccc2[nH]nc(C(=O)NC3CCOc4ccccc43)c2c1. The number of rotatable bonds is 2. The monoisotopic (exact) mass is 307 g/mol. The zero-order valence-corrected chi connectivity index (χ0v) is 12.8. The van der Waals surface area contributed by atoms with Gasteiger partial charge in [-0.15, -0.1) is 0 Å². The van der Waals surface area contributed by atoms with Gasteiger partial charge in [0.05, 0.1) is 18.2 Å². The molecule has 0 bridgehead atoms. The van der Waals surface area contributed by atoms with Crippen LogP contribution in [0, 0.1) is 6.92 Å². The van der Waals surface area contributed by atoms with Gasteiger partial charge in [-0.1, -0.05) is 29.8 Å². The molecule has 1 atom stereocenters. The lowest BCUT2D eigenvalue weighted by atomic mass is 10.0. The number of aromatic amines is 1. The van der Waals surface area contributed by atoms with E-state index in [1.807, 2.05) is 49.4 Å². The third-order valence-corrected chi connectivity index (χ3v) is 4.20. The number of aryl methyl sites for hydroxylation is 1. The molecule has 1 amide bonds. The number of carbonyl (C=O) groups excluding carboxylic acids is 1. The molecule has 1 aromatic heterocycles. The Morgan fingerprint density at radius 2 is 2.17 bits per heavy atom. The van der Waals surface area contributed by atoms with E-state index in [-0.39, 0.29) is 11.9 Å². The van der Waals surface area contributed by atoms with E-state index in [1.54, 1.807) is 0 Å². The van der Waals surface area contributed by atoms with Crippen LogP contribution in [-0.4, -0.2) is 22.7 Å². The van der Waals surface area contributed by atoms with Crippen molar-refractivity contribution in [3.05, 3.63) is 59.3 Å². The molecule has 4 rings (SSSR count). The summed E-state index contributed by atoms with van der Waals surface area (Å²) in [5.74, 6) is 0.676. The Kier molecular flexibility index (Phi) is 3.26. The molecule has 23 heavy (non-hydrogen) atoms. The number of ether oxygens (including phenoxy) is 1. The first-order valence-corrected chi connectivity index (χ1v) is 7.70. The molecule has 1 aliphatic rings. The fourth-order valence-corrected chi connectivity index (χ4v) is 3.02. The maximum absolute atomic E-state index is 12.7. The highest BCUT2D eigenvalue weighted by atomic mass is 16.5. The number of H-pyrrole nitrogens is 1. The van der Waals surface area contributed by atoms with Gasteiger partial charge in [0.25, 0.3) is 5.91 Å². The second-order valence-corrected chi connectivity index (χ2v) is 5.82. The lowest BCUT2D eigenvalue weighted by Crippen LogP contribution is -2.32. The van der Waals surface area contributed by atoms with Gasteiger partial charge in [0.1, 0.15) is 5.75 Å². The molecule has 5 heteroatoms. The minimum Gasteiger partial charge on any atom is -0.493 e. The van der Waals surface area contributed by atoms with E-state index < -0.39 is 0 Å². The topological polar surface area (TPSA) is 67.0 Å². The fourth-order valence-electron chi connectivity index (χ4n) is 3.02. The van der Waals surface area contributed by atoms with Gasteiger partial charge in [-0.25, -0.2) is 0 Å². The Hall–Kier alpha value is -2.82. The number of hydrogen-bond acceptors (Lipinski definition) is 3. The number of para-hydroxylation sites is 1. The van der Waals surface area contributed by atoms with E-state index >= 15 is 0 Å². The minimum absolute atomic E-state index is 0.0518. The standard InChI is InChI=1S/C18H17N3O2/c1-11-6-7-15-13(10-11)17(21-20-15)18(22)19-14-8-9-23-16-5-3-2-4-12(14)16/h2-7,10,14H,8-9H2,1H3,(H,19,22)(H,20,21). The highest BCUT2D eigenvalue weighted by Gasteiger charge is 2.24. The molecular weight excluding hydrogens is 290 g/mol. The summed E-state index contributed by atoms with van der Waals surface area (Å²) in [6.07, 6.45) is 0.754. The van der Waals surface area contributed by atoms with Crippen molar-refractivity contribution in [3.63, 3.8) is 0 Å². The van der Waals surface area contributed by atoms with Crippen LogP contribution in [0.15, 0.2) is 42.5 Å². The van der Waals surface area contributed by atoms with E-state index in [0.29, 0.717) is 12.3 Å². The molecule has 0 radical (unpaired) electrons. The van der Waals surface area contributed by atoms with Crippen molar-refractivity contribution in [3.8, 4) is 5.75 Å². The Morgan fingerprint density at radius 1 is 1.30 bits per heavy atom. The average Bonchev–Trinajstić information content (AvgIpc) is 2.98. The molecular formula is C18H17N3O2. The van der Waals surface area contributed by atoms with Crippen molar-refractivity contribution < 1.29 is 9.53 Å². The van der Waals surface area contributed by atoms with Gasteiger partial charge >= 0.3 is 0 Å². The maximum atomic E-state index is 12.7. The first kappa shape index (κ1) is 13.8. The summed E-state index contributed by atoms with van der Waals surface area (Å²) in [5.41, 5.74) is 3.42. The van der Waals surface area contributed by atoms with Crippen LogP contribution in [0.2, 0.25) is 0 Å². The van der Waals surface area contributed by atoms with Gasteiger partial charge in [-0.05, 0) is 25.1 Å². The predicted octanol–water partition coefficient (Wildman–Crippen LogP) is 3.12. The van der Waals surface area contributed by atoms with E-state index in [9.17, 15) is 4.79 Å². The molecule has 0 saturated heterocycles. The van der Waals surface area contributed by atoms with E-state index in [1.165, 1.54) is 0 Å². The van der Waals surface area contributed by atoms with Crippen LogP contribution >= 0.6 is 0 Å². The quantitative estimate of drug-likeness (QED) is 0.764. The van der Waals surface area contributed by atoms with E-state index in [4.69, 9.17) is 4.74 Å². The molecule has 0 spiro atoms. The molecule has 3 aromatic rings. The first-order chi connectivity index (χ1) is 11.2. The highest BCUT2D eigenvalue weighted by molar-refractivity contribution is 6.05. The number of nitrogens with zero attached hydrogens (tertiary/aromatic N) is 1. The van der Waals surface area contributed by atoms with Gasteiger partial charge in [-0.2, -0.15) is 5.10 Å². The molecule has 2 N–H and O–H groups in total. The Bertz CT molecular complexity index is 885. The third-order valence-electron chi connectivity index (χ3n) is 4.20. The summed E-state index contributed by atoms with van der Waals surface area (Å²) in [5, 5.41) is 11.0. The zero-order valence-electron chi connectivity index (χ0n) is 12.8. The molecule has 0 fully saturated rings. The molecule has 0 saturated carbocycles. The fraction of sp³-hybridized carbons (Fsp3) is 0.222. The molecule has 2 heterocycles. The van der Waals surface area contributed by atoms with Crippen LogP contribution in [0.4, 0.5) is 0 Å². The smallest absolute Gasteiger partial charge is 0.272 e. The normalized spacial score (nSPS) is 16.7. The first-order valence-electron chi connectivity index (χ1n) is 7.70. The molecule has 1 aliphatic heterocycles. The molecule has 116 valence electrons. The molecule has 5 nitrogen and oxygen atoms in total. The van der Waals surface area contributed by atoms with Crippen LogP contribution in [0.25, 0.3) is 10.9 Å². The summed E-state index contributed by atoms with van der Waals surface area (Å²) in [7, 11) is 0. The van der Waals surface area contributed by atoms with Gasteiger partial charge in [-0.3, -0.25) is 9.89 Å². The van der Waals surface area contributed by atoms with Crippen molar-refractivity contribution in [2.24, 2.45) is 0 Å². The van der Waals surface area contributed by atoms with Crippen molar-refractivity contribution in [2.45, 2.75) is 19.4 Å². The maximum Gasteiger partial charge on any atom is 0.272 e. The number of amides is 1. The predicted molar refractivity (Wildman–Crippen MR) is 87.6 cm³/mol. The van der Waals surface area contributed by atoms with Crippen LogP contribution in [0.1, 0.15) is 34.1 Å². The highest BCUT2D eigenvalue weighted by Crippen LogP contribution is 2.31. The second kappa shape index (κ2) is 5.43. The van der Waals surface area contributed by atoms with Crippen molar-refractivity contribution >= 4 is 16.8 Å². The summed E-state index contributed by atoms with van der Waals surface area (Å²) in [6, 6.07) is 13.7. The van der Waals surface area contributed by atoms with Crippen LogP contribution in [0.3, 0.4) is 0 Å². The minimum atomic E-state index is -0.163. The molecule has 2 aromatic carbocycles. The lowest BCUT2D eigenvalue weighted by molar-refractivity contribution is 0.0921. The van der Waals surface area contributed by atoms with Crippen LogP contribution < -0.4 is 10.1 Å². The van der Waals surface area contributed by atoms with Crippen molar-refractivity contribution in [1.82, 2.24) is 15.5 Å². The molecule has 1 unspecified atom stereocenters. The summed E-state index contributed by atoms with van der Waals surface area (Å²) in [4.78, 5) is 12.7. The van der Waals surface area contributed by atoms with E-state index in [2.05, 4.69) is 15.5 Å². The van der Waals surface area contributed by atoms with Crippen molar-refractivity contribution in [2.75, 3.05) is 6.61 Å². The third kappa shape index (κ3) is 2.44. The van der Waals surface area contributed by atoms with Gasteiger partial charge in [0, 0.05) is 17.4 Å². The number of fused-ring (bicyclic) bond motifs is 2. The van der Waals surface area contributed by atoms with E-state index in [0.717, 1.165) is 34.2 Å². The summed E-state index contributed by atoms with van der Waals surface area (Å²) < 4.78 is 5.64. The Morgan fingerprint density at radius 3 is 3.09 bits per heavy atom. The van der Waals surface area contributed by atoms with Crippen molar-refractivity contribution in [1.29, 1.82) is 0 Å². The Labute approximate surface area is 133 Å². The lowest BCUT2D eigenvalue weighted by Gasteiger charge is -2.26. The van der Waals surface area contributed by atoms with Gasteiger partial charge in [0.2, 0.25) is 0 Å². The average molecular weight is 307 g/mol. The number of benzene rings is 2. The largest absolute Gasteiger partial charge is 0.493 e. The zero-order chi connectivity index (χ0) is 15.8. The second-order valence-electron chi connectivity index (χ2n) is 5.82. The summed E-state index contributed by atoms with van der Waals surface area (Å²) in [6.45, 7) is 2.60. The number of carbonyl (C=O) groups is 1. The number of nitrogens with one attached hydrogen (secondary N) is 2. The number of hydrogen-bond donors (Lipinski definition) is 2. The van der Waals surface area contributed by atoms with Crippen LogP contribution in [0.5, 0.6) is 5.75 Å². The van der Waals surface area contributed by atoms with Gasteiger partial charge in [0.15, 0.2) is 5.69 Å². The summed E-state index contributed by atoms with van der Waals surface area (Å²) >= 11 is 0. The van der Waals surface area contributed by atoms with Gasteiger partial charge < -0.3 is 10.1 Å². The number of aromatic nitrogens is 2. The van der Waals surface area contributed by atoms with Crippen LogP contribution in [-0.2, 0) is 0 Å².